The fourth-order valence-corrected chi connectivity index (χ4v) is 1.83. The summed E-state index contributed by atoms with van der Waals surface area (Å²) in [5, 5.41) is 3.78. The Balaban J connectivity index is 2.16. The van der Waals surface area contributed by atoms with Crippen molar-refractivity contribution in [1.29, 1.82) is 0 Å². The monoisotopic (exact) mass is 307 g/mol. The molecule has 5 nitrogen and oxygen atoms in total. The largest absolute Gasteiger partial charge is 0.318 e. The molecule has 2 rings (SSSR count). The first-order valence-corrected chi connectivity index (χ1v) is 6.31. The predicted molar refractivity (Wildman–Crippen MR) is 78.2 cm³/mol. The van der Waals surface area contributed by atoms with E-state index >= 15 is 0 Å². The zero-order valence-electron chi connectivity index (χ0n) is 11.0. The van der Waals surface area contributed by atoms with E-state index in [2.05, 4.69) is 10.5 Å². The number of benzene rings is 1. The van der Waals surface area contributed by atoms with E-state index in [9.17, 15) is 14.0 Å². The number of pyridine rings is 1. The van der Waals surface area contributed by atoms with Crippen molar-refractivity contribution in [1.82, 2.24) is 9.99 Å². The standard InChI is InChI=1S/C14H11ClFN3O2/c1-19-7-3-4-9(14(19)21)13(20)18-17-8-10-11(15)5-2-6-12(10)16/h2-8H,1H3,(H,18,20)/b17-8-. The van der Waals surface area contributed by atoms with Crippen molar-refractivity contribution >= 4 is 23.7 Å². The van der Waals surface area contributed by atoms with Gasteiger partial charge in [-0.3, -0.25) is 9.59 Å². The molecule has 0 saturated carbocycles. The maximum absolute atomic E-state index is 13.5. The third-order valence-corrected chi connectivity index (χ3v) is 3.06. The van der Waals surface area contributed by atoms with Crippen molar-refractivity contribution in [3.05, 3.63) is 68.8 Å². The number of aromatic nitrogens is 1. The summed E-state index contributed by atoms with van der Waals surface area (Å²) in [6, 6.07) is 7.13. The smallest absolute Gasteiger partial charge is 0.276 e. The van der Waals surface area contributed by atoms with E-state index in [4.69, 9.17) is 11.6 Å². The number of amides is 1. The number of nitrogens with zero attached hydrogens (tertiary/aromatic N) is 2. The van der Waals surface area contributed by atoms with Gasteiger partial charge in [-0.05, 0) is 24.3 Å². The molecule has 7 heteroatoms. The average Bonchev–Trinajstić information content (AvgIpc) is 2.45. The molecule has 0 aliphatic carbocycles. The van der Waals surface area contributed by atoms with Gasteiger partial charge >= 0.3 is 0 Å². The molecule has 1 N–H and O–H groups in total. The van der Waals surface area contributed by atoms with E-state index in [-0.39, 0.29) is 16.1 Å². The van der Waals surface area contributed by atoms with Crippen LogP contribution >= 0.6 is 11.6 Å². The van der Waals surface area contributed by atoms with Crippen LogP contribution in [0.25, 0.3) is 0 Å². The molecule has 108 valence electrons. The number of hydrogen-bond acceptors (Lipinski definition) is 3. The van der Waals surface area contributed by atoms with Gasteiger partial charge in [0.15, 0.2) is 0 Å². The van der Waals surface area contributed by atoms with Crippen molar-refractivity contribution in [3.63, 3.8) is 0 Å². The van der Waals surface area contributed by atoms with Crippen LogP contribution in [0.1, 0.15) is 15.9 Å². The molecule has 0 radical (unpaired) electrons. The number of hydrazone groups is 1. The number of nitrogens with one attached hydrogen (secondary N) is 1. The Labute approximate surface area is 124 Å². The van der Waals surface area contributed by atoms with Crippen LogP contribution in [0.2, 0.25) is 5.02 Å². The highest BCUT2D eigenvalue weighted by Crippen LogP contribution is 2.16. The van der Waals surface area contributed by atoms with E-state index in [1.54, 1.807) is 6.07 Å². The van der Waals surface area contributed by atoms with E-state index in [0.717, 1.165) is 6.21 Å². The fraction of sp³-hybridized carbons (Fsp3) is 0.0714. The second-order valence-electron chi connectivity index (χ2n) is 4.17. The highest BCUT2D eigenvalue weighted by Gasteiger charge is 2.10. The highest BCUT2D eigenvalue weighted by molar-refractivity contribution is 6.33. The molecule has 0 spiro atoms. The number of hydrogen-bond donors (Lipinski definition) is 1. The lowest BCUT2D eigenvalue weighted by atomic mass is 10.2. The van der Waals surface area contributed by atoms with E-state index in [1.165, 1.54) is 42.1 Å². The third kappa shape index (κ3) is 3.35. The second kappa shape index (κ2) is 6.32. The molecule has 0 saturated heterocycles. The third-order valence-electron chi connectivity index (χ3n) is 2.73. The zero-order valence-corrected chi connectivity index (χ0v) is 11.8. The Hall–Kier alpha value is -2.47. The fourth-order valence-electron chi connectivity index (χ4n) is 1.62. The van der Waals surface area contributed by atoms with Gasteiger partial charge in [0.2, 0.25) is 0 Å². The molecule has 0 bridgehead atoms. The summed E-state index contributed by atoms with van der Waals surface area (Å²) < 4.78 is 14.7. The van der Waals surface area contributed by atoms with E-state index in [1.807, 2.05) is 0 Å². The minimum atomic E-state index is -0.681. The summed E-state index contributed by atoms with van der Waals surface area (Å²) in [5.74, 6) is -1.24. The van der Waals surface area contributed by atoms with E-state index in [0.29, 0.717) is 0 Å². The molecule has 1 amide bonds. The summed E-state index contributed by atoms with van der Waals surface area (Å²) in [5.41, 5.74) is 1.71. The summed E-state index contributed by atoms with van der Waals surface area (Å²) in [7, 11) is 1.53. The van der Waals surface area contributed by atoms with Crippen LogP contribution in [0.3, 0.4) is 0 Å². The summed E-state index contributed by atoms with van der Waals surface area (Å²) >= 11 is 5.81. The predicted octanol–water partition coefficient (Wildman–Crippen LogP) is 1.94. The normalized spacial score (nSPS) is 10.8. The van der Waals surface area contributed by atoms with Gasteiger partial charge in [-0.25, -0.2) is 9.82 Å². The second-order valence-corrected chi connectivity index (χ2v) is 4.58. The highest BCUT2D eigenvalue weighted by atomic mass is 35.5. The van der Waals surface area contributed by atoms with Crippen LogP contribution < -0.4 is 11.0 Å². The van der Waals surface area contributed by atoms with Crippen molar-refractivity contribution in [2.24, 2.45) is 12.1 Å². The van der Waals surface area contributed by atoms with Gasteiger partial charge in [0, 0.05) is 18.8 Å². The van der Waals surface area contributed by atoms with Gasteiger partial charge in [-0.1, -0.05) is 17.7 Å². The first-order chi connectivity index (χ1) is 10.0. The molecule has 0 aliphatic heterocycles. The van der Waals surface area contributed by atoms with Crippen LogP contribution in [0.15, 0.2) is 46.4 Å². The lowest BCUT2D eigenvalue weighted by Crippen LogP contribution is -2.29. The molecule has 0 fully saturated rings. The maximum Gasteiger partial charge on any atom is 0.276 e. The molecule has 1 heterocycles. The average molecular weight is 308 g/mol. The molecule has 0 unspecified atom stereocenters. The Morgan fingerprint density at radius 2 is 2.14 bits per heavy atom. The van der Waals surface area contributed by atoms with Crippen molar-refractivity contribution in [3.8, 4) is 0 Å². The minimum Gasteiger partial charge on any atom is -0.318 e. The molecule has 1 aromatic carbocycles. The first kappa shape index (κ1) is 14.9. The SMILES string of the molecule is Cn1cccc(C(=O)N/N=C\c2c(F)cccc2Cl)c1=O. The van der Waals surface area contributed by atoms with Gasteiger partial charge in [-0.2, -0.15) is 5.10 Å². The Morgan fingerprint density at radius 3 is 2.86 bits per heavy atom. The Kier molecular flexibility index (Phi) is 4.49. The molecule has 0 atom stereocenters. The molecule has 1 aromatic heterocycles. The number of rotatable bonds is 3. The molecule has 0 aliphatic rings. The lowest BCUT2D eigenvalue weighted by molar-refractivity contribution is 0.0953. The number of carbonyl (C=O) groups is 1. The number of halogens is 2. The maximum atomic E-state index is 13.5. The van der Waals surface area contributed by atoms with Crippen LogP contribution in [-0.2, 0) is 7.05 Å². The summed E-state index contributed by atoms with van der Waals surface area (Å²) in [6.07, 6.45) is 2.62. The van der Waals surface area contributed by atoms with Gasteiger partial charge < -0.3 is 4.57 Å². The Morgan fingerprint density at radius 1 is 1.38 bits per heavy atom. The zero-order chi connectivity index (χ0) is 15.4. The van der Waals surface area contributed by atoms with E-state index < -0.39 is 17.3 Å². The quantitative estimate of drug-likeness (QED) is 0.696. The minimum absolute atomic E-state index is 0.0560. The number of carbonyl (C=O) groups excluding carboxylic acids is 1. The van der Waals surface area contributed by atoms with Crippen LogP contribution in [0.5, 0.6) is 0 Å². The van der Waals surface area contributed by atoms with Gasteiger partial charge in [0.05, 0.1) is 11.2 Å². The molecule has 21 heavy (non-hydrogen) atoms. The Bertz CT molecular complexity index is 751. The topological polar surface area (TPSA) is 63.5 Å². The lowest BCUT2D eigenvalue weighted by Gasteiger charge is -2.02. The molecular formula is C14H11ClFN3O2. The van der Waals surface area contributed by atoms with Crippen molar-refractivity contribution in [2.75, 3.05) is 0 Å². The van der Waals surface area contributed by atoms with Gasteiger partial charge in [0.1, 0.15) is 11.4 Å². The summed E-state index contributed by atoms with van der Waals surface area (Å²) in [4.78, 5) is 23.5. The number of aryl methyl sites for hydroxylation is 1. The van der Waals surface area contributed by atoms with Crippen molar-refractivity contribution < 1.29 is 9.18 Å². The molecule has 2 aromatic rings. The van der Waals surface area contributed by atoms with Crippen molar-refractivity contribution in [2.45, 2.75) is 0 Å². The summed E-state index contributed by atoms with van der Waals surface area (Å²) in [6.45, 7) is 0. The van der Waals surface area contributed by atoms with Gasteiger partial charge in [0.25, 0.3) is 11.5 Å². The van der Waals surface area contributed by atoms with Crippen LogP contribution in [0.4, 0.5) is 4.39 Å². The van der Waals surface area contributed by atoms with Gasteiger partial charge in [-0.15, -0.1) is 0 Å². The van der Waals surface area contributed by atoms with Crippen LogP contribution in [-0.4, -0.2) is 16.7 Å². The molecular weight excluding hydrogens is 297 g/mol. The first-order valence-electron chi connectivity index (χ1n) is 5.94. The van der Waals surface area contributed by atoms with Crippen LogP contribution in [0, 0.1) is 5.82 Å².